The first-order valence-corrected chi connectivity index (χ1v) is 9.36. The monoisotopic (exact) mass is 346 g/mol. The minimum absolute atomic E-state index is 0.0388. The zero-order valence-corrected chi connectivity index (χ0v) is 15.4. The summed E-state index contributed by atoms with van der Waals surface area (Å²) < 4.78 is 5.62. The molecule has 2 rings (SSSR count). The van der Waals surface area contributed by atoms with Gasteiger partial charge in [-0.05, 0) is 37.8 Å². The van der Waals surface area contributed by atoms with Crippen LogP contribution in [0.1, 0.15) is 39.5 Å². The lowest BCUT2D eigenvalue weighted by Crippen LogP contribution is -2.47. The molecule has 2 atom stereocenters. The molecule has 1 aromatic rings. The van der Waals surface area contributed by atoms with Gasteiger partial charge in [-0.1, -0.05) is 32.0 Å². The van der Waals surface area contributed by atoms with Crippen LogP contribution in [0.25, 0.3) is 0 Å². The molecular weight excluding hydrogens is 316 g/mol. The number of hydrogen-bond acceptors (Lipinski definition) is 3. The van der Waals surface area contributed by atoms with Crippen LogP contribution in [0.2, 0.25) is 0 Å². The second kappa shape index (κ2) is 10.1. The number of piperidine rings is 1. The van der Waals surface area contributed by atoms with E-state index < -0.39 is 0 Å². The molecule has 25 heavy (non-hydrogen) atoms. The Morgan fingerprint density at radius 1 is 1.32 bits per heavy atom. The Morgan fingerprint density at radius 3 is 2.80 bits per heavy atom. The van der Waals surface area contributed by atoms with Crippen LogP contribution in [0.5, 0.6) is 5.75 Å². The van der Waals surface area contributed by atoms with E-state index in [9.17, 15) is 9.59 Å². The molecule has 0 aliphatic carbocycles. The lowest BCUT2D eigenvalue weighted by Gasteiger charge is -2.33. The summed E-state index contributed by atoms with van der Waals surface area (Å²) in [5, 5.41) is 2.98. The Morgan fingerprint density at radius 2 is 2.08 bits per heavy atom. The lowest BCUT2D eigenvalue weighted by atomic mass is 9.95. The number of hydrogen-bond donors (Lipinski definition) is 1. The van der Waals surface area contributed by atoms with E-state index in [0.29, 0.717) is 19.7 Å². The van der Waals surface area contributed by atoms with Crippen molar-refractivity contribution in [2.75, 3.05) is 26.2 Å². The summed E-state index contributed by atoms with van der Waals surface area (Å²) in [6.07, 6.45) is 3.37. The standard InChI is InChI=1S/C20H30N2O3/c1-3-16(2)20(24)22-13-7-9-17(15-22)19(23)21-12-8-14-25-18-10-5-4-6-11-18/h4-6,10-11,16-17H,3,7-9,12-15H2,1-2H3,(H,21,23)/t16-,17+/m1/s1. The molecular formula is C20H30N2O3. The Kier molecular flexibility index (Phi) is 7.76. The summed E-state index contributed by atoms with van der Waals surface area (Å²) in [6.45, 7) is 6.48. The Balaban J connectivity index is 1.67. The minimum atomic E-state index is -0.0863. The molecule has 0 aromatic heterocycles. The van der Waals surface area contributed by atoms with Gasteiger partial charge in [0.05, 0.1) is 12.5 Å². The van der Waals surface area contributed by atoms with Crippen LogP contribution in [0, 0.1) is 11.8 Å². The number of para-hydroxylation sites is 1. The van der Waals surface area contributed by atoms with Crippen molar-refractivity contribution in [2.45, 2.75) is 39.5 Å². The van der Waals surface area contributed by atoms with Crippen LogP contribution in [-0.4, -0.2) is 43.0 Å². The Bertz CT molecular complexity index is 547. The highest BCUT2D eigenvalue weighted by Crippen LogP contribution is 2.19. The van der Waals surface area contributed by atoms with Gasteiger partial charge in [-0.3, -0.25) is 9.59 Å². The van der Waals surface area contributed by atoms with Gasteiger partial charge in [0.2, 0.25) is 11.8 Å². The van der Waals surface area contributed by atoms with Gasteiger partial charge in [0, 0.05) is 25.6 Å². The molecule has 1 fully saturated rings. The normalized spacial score (nSPS) is 18.5. The molecule has 1 heterocycles. The largest absolute Gasteiger partial charge is 0.494 e. The van der Waals surface area contributed by atoms with Crippen molar-refractivity contribution in [1.82, 2.24) is 10.2 Å². The molecule has 0 saturated carbocycles. The third-order valence-corrected chi connectivity index (χ3v) is 4.77. The smallest absolute Gasteiger partial charge is 0.225 e. The van der Waals surface area contributed by atoms with E-state index in [1.54, 1.807) is 0 Å². The third-order valence-electron chi connectivity index (χ3n) is 4.77. The van der Waals surface area contributed by atoms with Crippen molar-refractivity contribution in [3.63, 3.8) is 0 Å². The average Bonchev–Trinajstić information content (AvgIpc) is 2.67. The van der Waals surface area contributed by atoms with Crippen molar-refractivity contribution in [1.29, 1.82) is 0 Å². The molecule has 1 aliphatic heterocycles. The van der Waals surface area contributed by atoms with E-state index in [1.165, 1.54) is 0 Å². The molecule has 138 valence electrons. The van der Waals surface area contributed by atoms with Gasteiger partial charge in [-0.25, -0.2) is 0 Å². The quantitative estimate of drug-likeness (QED) is 0.737. The Hall–Kier alpha value is -2.04. The van der Waals surface area contributed by atoms with Gasteiger partial charge in [0.1, 0.15) is 5.75 Å². The van der Waals surface area contributed by atoms with E-state index in [-0.39, 0.29) is 23.7 Å². The molecule has 1 saturated heterocycles. The zero-order chi connectivity index (χ0) is 18.1. The fraction of sp³-hybridized carbons (Fsp3) is 0.600. The minimum Gasteiger partial charge on any atom is -0.494 e. The van der Waals surface area contributed by atoms with Crippen molar-refractivity contribution in [2.24, 2.45) is 11.8 Å². The lowest BCUT2D eigenvalue weighted by molar-refractivity contribution is -0.138. The van der Waals surface area contributed by atoms with Crippen LogP contribution in [0.4, 0.5) is 0 Å². The molecule has 0 unspecified atom stereocenters. The highest BCUT2D eigenvalue weighted by Gasteiger charge is 2.29. The zero-order valence-electron chi connectivity index (χ0n) is 15.4. The number of carbonyl (C=O) groups is 2. The number of likely N-dealkylation sites (tertiary alicyclic amines) is 1. The maximum atomic E-state index is 12.3. The van der Waals surface area contributed by atoms with Gasteiger partial charge in [0.15, 0.2) is 0 Å². The van der Waals surface area contributed by atoms with Gasteiger partial charge >= 0.3 is 0 Å². The van der Waals surface area contributed by atoms with Crippen LogP contribution in [0.3, 0.4) is 0 Å². The topological polar surface area (TPSA) is 58.6 Å². The average molecular weight is 346 g/mol. The number of rotatable bonds is 8. The van der Waals surface area contributed by atoms with Gasteiger partial charge in [-0.15, -0.1) is 0 Å². The fourth-order valence-corrected chi connectivity index (χ4v) is 3.01. The summed E-state index contributed by atoms with van der Waals surface area (Å²) in [7, 11) is 0. The molecule has 1 aromatic carbocycles. The summed E-state index contributed by atoms with van der Waals surface area (Å²) in [6, 6.07) is 9.67. The van der Waals surface area contributed by atoms with E-state index in [0.717, 1.165) is 38.0 Å². The van der Waals surface area contributed by atoms with E-state index >= 15 is 0 Å². The number of benzene rings is 1. The first-order chi connectivity index (χ1) is 12.1. The number of amides is 2. The van der Waals surface area contributed by atoms with Crippen LogP contribution < -0.4 is 10.1 Å². The molecule has 1 aliphatic rings. The van der Waals surface area contributed by atoms with Gasteiger partial charge < -0.3 is 15.0 Å². The maximum Gasteiger partial charge on any atom is 0.225 e. The molecule has 5 heteroatoms. The number of ether oxygens (including phenoxy) is 1. The van der Waals surface area contributed by atoms with Crippen LogP contribution in [-0.2, 0) is 9.59 Å². The molecule has 5 nitrogen and oxygen atoms in total. The van der Waals surface area contributed by atoms with Gasteiger partial charge in [0.25, 0.3) is 0 Å². The summed E-state index contributed by atoms with van der Waals surface area (Å²) in [4.78, 5) is 26.5. The van der Waals surface area contributed by atoms with Crippen LogP contribution >= 0.6 is 0 Å². The SMILES string of the molecule is CC[C@@H](C)C(=O)N1CCC[C@H](C(=O)NCCCOc2ccccc2)C1. The maximum absolute atomic E-state index is 12.3. The highest BCUT2D eigenvalue weighted by molar-refractivity contribution is 5.82. The predicted octanol–water partition coefficient (Wildman–Crippen LogP) is 2.86. The molecule has 1 N–H and O–H groups in total. The Labute approximate surface area is 150 Å². The van der Waals surface area contributed by atoms with Gasteiger partial charge in [-0.2, -0.15) is 0 Å². The first-order valence-electron chi connectivity index (χ1n) is 9.36. The fourth-order valence-electron chi connectivity index (χ4n) is 3.01. The summed E-state index contributed by atoms with van der Waals surface area (Å²) in [5.41, 5.74) is 0. The second-order valence-corrected chi connectivity index (χ2v) is 6.74. The summed E-state index contributed by atoms with van der Waals surface area (Å²) in [5.74, 6) is 1.03. The van der Waals surface area contributed by atoms with E-state index in [4.69, 9.17) is 4.74 Å². The number of nitrogens with one attached hydrogen (secondary N) is 1. The third kappa shape index (κ3) is 6.07. The predicted molar refractivity (Wildman–Crippen MR) is 98.3 cm³/mol. The first kappa shape index (κ1) is 19.3. The molecule has 2 amide bonds. The number of nitrogens with zero attached hydrogens (tertiary/aromatic N) is 1. The molecule has 0 radical (unpaired) electrons. The van der Waals surface area contributed by atoms with Crippen molar-refractivity contribution >= 4 is 11.8 Å². The van der Waals surface area contributed by atoms with Crippen LogP contribution in [0.15, 0.2) is 30.3 Å². The molecule has 0 spiro atoms. The van der Waals surface area contributed by atoms with Crippen molar-refractivity contribution < 1.29 is 14.3 Å². The number of carbonyl (C=O) groups excluding carboxylic acids is 2. The van der Waals surface area contributed by atoms with E-state index in [2.05, 4.69) is 5.32 Å². The second-order valence-electron chi connectivity index (χ2n) is 6.74. The summed E-state index contributed by atoms with van der Waals surface area (Å²) >= 11 is 0. The van der Waals surface area contributed by atoms with Crippen molar-refractivity contribution in [3.05, 3.63) is 30.3 Å². The highest BCUT2D eigenvalue weighted by atomic mass is 16.5. The molecule has 0 bridgehead atoms. The van der Waals surface area contributed by atoms with E-state index in [1.807, 2.05) is 49.1 Å². The van der Waals surface area contributed by atoms with Crippen molar-refractivity contribution in [3.8, 4) is 5.75 Å².